The van der Waals surface area contributed by atoms with E-state index in [1.54, 1.807) is 6.07 Å². The van der Waals surface area contributed by atoms with Crippen molar-refractivity contribution in [2.45, 2.75) is 31.5 Å². The highest BCUT2D eigenvalue weighted by atomic mass is 16.5. The third-order valence-corrected chi connectivity index (χ3v) is 5.65. The van der Waals surface area contributed by atoms with Gasteiger partial charge in [0, 0.05) is 24.4 Å². The number of aromatic nitrogens is 3. The van der Waals surface area contributed by atoms with Gasteiger partial charge < -0.3 is 29.6 Å². The first-order valence-corrected chi connectivity index (χ1v) is 11.0. The summed E-state index contributed by atoms with van der Waals surface area (Å²) in [6, 6.07) is 9.32. The number of nitrogens with zero attached hydrogens (tertiary/aromatic N) is 3. The second-order valence-corrected chi connectivity index (χ2v) is 8.42. The lowest BCUT2D eigenvalue weighted by Gasteiger charge is -2.17. The van der Waals surface area contributed by atoms with Crippen LogP contribution in [0.15, 0.2) is 47.7 Å². The fourth-order valence-electron chi connectivity index (χ4n) is 3.58. The number of nitrogens with one attached hydrogen (secondary N) is 2. The minimum absolute atomic E-state index is 0.0537. The predicted molar refractivity (Wildman–Crippen MR) is 123 cm³/mol. The molecule has 3 heterocycles. The molecule has 0 saturated heterocycles. The summed E-state index contributed by atoms with van der Waals surface area (Å²) < 4.78 is 17.8. The molecule has 1 amide bonds. The fourth-order valence-corrected chi connectivity index (χ4v) is 3.58. The van der Waals surface area contributed by atoms with Crippen molar-refractivity contribution in [1.82, 2.24) is 20.3 Å². The van der Waals surface area contributed by atoms with Crippen LogP contribution in [0.25, 0.3) is 11.3 Å². The van der Waals surface area contributed by atoms with Crippen molar-refractivity contribution in [3.63, 3.8) is 0 Å². The summed E-state index contributed by atoms with van der Waals surface area (Å²) in [4.78, 5) is 27.7. The number of hydrogen-bond donors (Lipinski definition) is 3. The van der Waals surface area contributed by atoms with Gasteiger partial charge in [-0.15, -0.1) is 0 Å². The molecule has 10 nitrogen and oxygen atoms in total. The molecular weight excluding hydrogens is 438 g/mol. The van der Waals surface area contributed by atoms with Crippen LogP contribution in [0.2, 0.25) is 0 Å². The number of carbonyl (C=O) groups excluding carboxylic acids is 1. The van der Waals surface area contributed by atoms with Gasteiger partial charge in [-0.1, -0.05) is 0 Å². The molecule has 3 aromatic rings. The van der Waals surface area contributed by atoms with Crippen molar-refractivity contribution < 1.29 is 24.1 Å². The SMILES string of the molecule is CNC(=O)c1cnc(Oc2cc(OC3(CO)CC3)cc(-c3ccc(C4=NC[C@H](C)O4)[nH]3)c2)cn1. The van der Waals surface area contributed by atoms with E-state index in [1.165, 1.54) is 19.4 Å². The van der Waals surface area contributed by atoms with Gasteiger partial charge in [0.25, 0.3) is 5.91 Å². The molecule has 176 valence electrons. The van der Waals surface area contributed by atoms with E-state index in [4.69, 9.17) is 14.2 Å². The van der Waals surface area contributed by atoms with Gasteiger partial charge in [0.2, 0.25) is 11.8 Å². The second-order valence-electron chi connectivity index (χ2n) is 8.42. The first-order valence-electron chi connectivity index (χ1n) is 11.0. The average Bonchev–Trinajstić information content (AvgIpc) is 3.22. The van der Waals surface area contributed by atoms with Crippen LogP contribution in [0.5, 0.6) is 17.4 Å². The largest absolute Gasteiger partial charge is 0.485 e. The van der Waals surface area contributed by atoms with Crippen LogP contribution in [-0.2, 0) is 4.74 Å². The molecule has 3 N–H and O–H groups in total. The van der Waals surface area contributed by atoms with Crippen LogP contribution in [0.4, 0.5) is 0 Å². The number of rotatable bonds is 8. The Morgan fingerprint density at radius 1 is 1.21 bits per heavy atom. The molecule has 2 aliphatic rings. The lowest BCUT2D eigenvalue weighted by Crippen LogP contribution is -2.22. The molecule has 0 unspecified atom stereocenters. The smallest absolute Gasteiger partial charge is 0.271 e. The number of H-pyrrole nitrogens is 1. The number of aliphatic hydroxyl groups is 1. The van der Waals surface area contributed by atoms with Crippen molar-refractivity contribution in [3.8, 4) is 28.6 Å². The van der Waals surface area contributed by atoms with E-state index in [1.807, 2.05) is 31.2 Å². The summed E-state index contributed by atoms with van der Waals surface area (Å²) in [6.07, 6.45) is 4.37. The Labute approximate surface area is 196 Å². The number of benzene rings is 1. The minimum Gasteiger partial charge on any atom is -0.485 e. The normalized spacial score (nSPS) is 18.1. The molecule has 1 atom stereocenters. The Balaban J connectivity index is 1.44. The van der Waals surface area contributed by atoms with Gasteiger partial charge in [0.15, 0.2) is 0 Å². The van der Waals surface area contributed by atoms with E-state index in [-0.39, 0.29) is 30.2 Å². The van der Waals surface area contributed by atoms with Crippen molar-refractivity contribution in [1.29, 1.82) is 0 Å². The second kappa shape index (κ2) is 8.79. The highest BCUT2D eigenvalue weighted by Gasteiger charge is 2.45. The molecule has 0 spiro atoms. The van der Waals surface area contributed by atoms with Crippen molar-refractivity contribution in [3.05, 3.63) is 54.1 Å². The highest BCUT2D eigenvalue weighted by molar-refractivity contribution is 5.94. The van der Waals surface area contributed by atoms with E-state index in [2.05, 4.69) is 25.3 Å². The third kappa shape index (κ3) is 4.58. The van der Waals surface area contributed by atoms with E-state index in [0.717, 1.165) is 29.8 Å². The van der Waals surface area contributed by atoms with E-state index in [0.29, 0.717) is 23.9 Å². The van der Waals surface area contributed by atoms with E-state index < -0.39 is 5.60 Å². The zero-order valence-corrected chi connectivity index (χ0v) is 18.9. The number of amides is 1. The molecule has 1 aliphatic heterocycles. The number of hydrogen-bond acceptors (Lipinski definition) is 8. The monoisotopic (exact) mass is 463 g/mol. The van der Waals surface area contributed by atoms with Gasteiger partial charge in [-0.2, -0.15) is 0 Å². The van der Waals surface area contributed by atoms with Crippen molar-refractivity contribution >= 4 is 11.8 Å². The summed E-state index contributed by atoms with van der Waals surface area (Å²) in [5.74, 6) is 1.53. The quantitative estimate of drug-likeness (QED) is 0.468. The maximum atomic E-state index is 11.7. The molecule has 1 aliphatic carbocycles. The van der Waals surface area contributed by atoms with Gasteiger partial charge in [0.05, 0.1) is 25.5 Å². The van der Waals surface area contributed by atoms with Crippen LogP contribution in [-0.4, -0.2) is 63.8 Å². The molecule has 1 fully saturated rings. The Hall–Kier alpha value is -3.92. The first kappa shape index (κ1) is 21.9. The number of ether oxygens (including phenoxy) is 3. The van der Waals surface area contributed by atoms with E-state index in [9.17, 15) is 9.90 Å². The minimum atomic E-state index is -0.547. The summed E-state index contributed by atoms with van der Waals surface area (Å²) >= 11 is 0. The lowest BCUT2D eigenvalue weighted by molar-refractivity contribution is 0.0952. The van der Waals surface area contributed by atoms with E-state index >= 15 is 0 Å². The lowest BCUT2D eigenvalue weighted by atomic mass is 10.1. The van der Waals surface area contributed by atoms with Crippen LogP contribution < -0.4 is 14.8 Å². The fraction of sp³-hybridized carbons (Fsp3) is 0.333. The van der Waals surface area contributed by atoms with Gasteiger partial charge in [-0.3, -0.25) is 4.79 Å². The Bertz CT molecular complexity index is 1230. The molecule has 2 aromatic heterocycles. The molecule has 10 heteroatoms. The topological polar surface area (TPSA) is 131 Å². The predicted octanol–water partition coefficient (Wildman–Crippen LogP) is 2.69. The number of carbonyl (C=O) groups is 1. The number of aliphatic hydroxyl groups excluding tert-OH is 1. The van der Waals surface area contributed by atoms with Crippen LogP contribution in [0.1, 0.15) is 35.9 Å². The Morgan fingerprint density at radius 2 is 2.00 bits per heavy atom. The Kier molecular flexibility index (Phi) is 5.66. The van der Waals surface area contributed by atoms with Gasteiger partial charge >= 0.3 is 0 Å². The van der Waals surface area contributed by atoms with Crippen LogP contribution in [0, 0.1) is 0 Å². The third-order valence-electron chi connectivity index (χ3n) is 5.65. The molecule has 5 rings (SSSR count). The number of aliphatic imine (C=N–C) groups is 1. The maximum Gasteiger partial charge on any atom is 0.271 e. The summed E-state index contributed by atoms with van der Waals surface area (Å²) in [7, 11) is 1.53. The van der Waals surface area contributed by atoms with Crippen LogP contribution >= 0.6 is 0 Å². The van der Waals surface area contributed by atoms with Crippen molar-refractivity contribution in [2.75, 3.05) is 20.2 Å². The standard InChI is InChI=1S/C24H25N5O5/c1-14-10-28-23(32-14)19-4-3-18(29-19)15-7-16(9-17(8-15)34-24(13-30)5-6-24)33-21-12-26-20(11-27-21)22(31)25-2/h3-4,7-9,11-12,14,29-30H,5-6,10,13H2,1-2H3,(H,25,31)/t14-/m0/s1. The Morgan fingerprint density at radius 3 is 2.65 bits per heavy atom. The van der Waals surface area contributed by atoms with Crippen molar-refractivity contribution in [2.24, 2.45) is 4.99 Å². The maximum absolute atomic E-state index is 11.7. The summed E-state index contributed by atoms with van der Waals surface area (Å²) in [5.41, 5.74) is 2.07. The van der Waals surface area contributed by atoms with Crippen LogP contribution in [0.3, 0.4) is 0 Å². The molecular formula is C24H25N5O5. The molecule has 34 heavy (non-hydrogen) atoms. The zero-order valence-electron chi connectivity index (χ0n) is 18.9. The number of aromatic amines is 1. The summed E-state index contributed by atoms with van der Waals surface area (Å²) in [6.45, 7) is 2.56. The van der Waals surface area contributed by atoms with Gasteiger partial charge in [-0.05, 0) is 44.0 Å². The molecule has 0 radical (unpaired) electrons. The van der Waals surface area contributed by atoms with Gasteiger partial charge in [-0.25, -0.2) is 15.0 Å². The molecule has 1 aromatic carbocycles. The highest BCUT2D eigenvalue weighted by Crippen LogP contribution is 2.42. The molecule has 0 bridgehead atoms. The molecule has 1 saturated carbocycles. The zero-order chi connectivity index (χ0) is 23.7. The summed E-state index contributed by atoms with van der Waals surface area (Å²) in [5, 5.41) is 12.2. The van der Waals surface area contributed by atoms with Gasteiger partial charge in [0.1, 0.15) is 34.6 Å². The average molecular weight is 463 g/mol. The first-order chi connectivity index (χ1) is 16.5.